The molecule has 2 aromatic rings. The normalized spacial score (nSPS) is 18.9. The molecule has 1 saturated heterocycles. The average molecular weight is 435 g/mol. The van der Waals surface area contributed by atoms with E-state index in [1.165, 1.54) is 18.2 Å². The van der Waals surface area contributed by atoms with Crippen molar-refractivity contribution in [1.29, 1.82) is 0 Å². The minimum absolute atomic E-state index is 0.0511. The van der Waals surface area contributed by atoms with Crippen LogP contribution in [0.5, 0.6) is 5.75 Å². The van der Waals surface area contributed by atoms with Gasteiger partial charge < -0.3 is 9.47 Å². The van der Waals surface area contributed by atoms with E-state index in [0.29, 0.717) is 24.3 Å². The lowest BCUT2D eigenvalue weighted by atomic mass is 9.88. The van der Waals surface area contributed by atoms with Crippen LogP contribution in [0.25, 0.3) is 11.1 Å². The Bertz CT molecular complexity index is 845. The van der Waals surface area contributed by atoms with E-state index in [1.54, 1.807) is 12.1 Å². The van der Waals surface area contributed by atoms with E-state index in [0.717, 1.165) is 51.4 Å². The molecule has 0 aromatic heterocycles. The van der Waals surface area contributed by atoms with Crippen molar-refractivity contribution in [2.45, 2.75) is 77.2 Å². The Labute approximate surface area is 183 Å². The van der Waals surface area contributed by atoms with Crippen LogP contribution < -0.4 is 4.74 Å². The second-order valence-electron chi connectivity index (χ2n) is 8.40. The maximum atomic E-state index is 14.9. The van der Waals surface area contributed by atoms with Gasteiger partial charge in [-0.15, -0.1) is 0 Å². The molecule has 170 valence electrons. The van der Waals surface area contributed by atoms with Crippen LogP contribution in [0.2, 0.25) is 0 Å². The minimum atomic E-state index is -0.944. The molecule has 3 rings (SSSR count). The Hall–Kier alpha value is -2.01. The molecule has 0 radical (unpaired) electrons. The number of hydrogen-bond donors (Lipinski definition) is 0. The Morgan fingerprint density at radius 3 is 2.45 bits per heavy atom. The van der Waals surface area contributed by atoms with E-state index in [-0.39, 0.29) is 23.3 Å². The molecule has 0 spiro atoms. The number of hydrogen-bond acceptors (Lipinski definition) is 2. The molecule has 2 aromatic carbocycles. The maximum Gasteiger partial charge on any atom is 0.166 e. The van der Waals surface area contributed by atoms with Crippen LogP contribution in [0, 0.1) is 17.5 Å². The minimum Gasteiger partial charge on any atom is -0.491 e. The highest BCUT2D eigenvalue weighted by Crippen LogP contribution is 2.35. The van der Waals surface area contributed by atoms with Crippen LogP contribution in [-0.2, 0) is 4.74 Å². The van der Waals surface area contributed by atoms with Crippen LogP contribution in [0.1, 0.15) is 76.7 Å². The second-order valence-corrected chi connectivity index (χ2v) is 8.40. The Morgan fingerprint density at radius 1 is 0.935 bits per heavy atom. The molecular formula is C26H33F3O2. The van der Waals surface area contributed by atoms with Crippen molar-refractivity contribution in [2.75, 3.05) is 13.2 Å². The van der Waals surface area contributed by atoms with Crippen LogP contribution >= 0.6 is 0 Å². The highest BCUT2D eigenvalue weighted by Gasteiger charge is 2.27. The van der Waals surface area contributed by atoms with Crippen molar-refractivity contribution in [3.8, 4) is 16.9 Å². The molecule has 0 amide bonds. The number of ether oxygens (including phenoxy) is 2. The molecule has 1 aliphatic heterocycles. The fourth-order valence-corrected chi connectivity index (χ4v) is 4.20. The summed E-state index contributed by atoms with van der Waals surface area (Å²) in [6, 6.07) is 7.40. The zero-order valence-corrected chi connectivity index (χ0v) is 18.6. The number of unbranched alkanes of at least 4 members (excludes halogenated alkanes) is 3. The predicted octanol–water partition coefficient (Wildman–Crippen LogP) is 7.79. The van der Waals surface area contributed by atoms with Gasteiger partial charge in [-0.2, -0.15) is 0 Å². The standard InChI is InChI=1S/C26H33F3O2/c1-3-5-6-7-15-30-24-14-10-18(16-23(24)27)21-12-13-22(26(29)25(21)28)19-9-11-20(8-4-2)31-17-19/h10,12-14,16,19-20H,3-9,11,15,17H2,1-2H3. The first-order chi connectivity index (χ1) is 15.0. The molecular weight excluding hydrogens is 401 g/mol. The van der Waals surface area contributed by atoms with Gasteiger partial charge >= 0.3 is 0 Å². The summed E-state index contributed by atoms with van der Waals surface area (Å²) in [7, 11) is 0. The molecule has 2 unspecified atom stereocenters. The van der Waals surface area contributed by atoms with Gasteiger partial charge in [0, 0.05) is 11.5 Å². The number of halogens is 3. The molecule has 1 aliphatic rings. The van der Waals surface area contributed by atoms with Crippen LogP contribution in [0.3, 0.4) is 0 Å². The van der Waals surface area contributed by atoms with E-state index in [2.05, 4.69) is 13.8 Å². The van der Waals surface area contributed by atoms with Crippen molar-refractivity contribution >= 4 is 0 Å². The van der Waals surface area contributed by atoms with Crippen molar-refractivity contribution in [1.82, 2.24) is 0 Å². The topological polar surface area (TPSA) is 18.5 Å². The third-order valence-electron chi connectivity index (χ3n) is 6.03. The monoisotopic (exact) mass is 434 g/mol. The zero-order valence-electron chi connectivity index (χ0n) is 18.6. The SMILES string of the molecule is CCCCCCOc1ccc(-c2ccc(C3CCC(CCC)OC3)c(F)c2F)cc1F. The Kier molecular flexibility index (Phi) is 8.82. The lowest BCUT2D eigenvalue weighted by Crippen LogP contribution is -2.25. The van der Waals surface area contributed by atoms with Gasteiger partial charge in [-0.05, 0) is 48.9 Å². The lowest BCUT2D eigenvalue weighted by molar-refractivity contribution is -0.00181. The van der Waals surface area contributed by atoms with Crippen molar-refractivity contribution in [3.05, 3.63) is 53.3 Å². The van der Waals surface area contributed by atoms with E-state index in [4.69, 9.17) is 9.47 Å². The summed E-state index contributed by atoms with van der Waals surface area (Å²) >= 11 is 0. The highest BCUT2D eigenvalue weighted by molar-refractivity contribution is 5.66. The summed E-state index contributed by atoms with van der Waals surface area (Å²) in [6.45, 7) is 5.08. The fraction of sp³-hybridized carbons (Fsp3) is 0.538. The molecule has 1 fully saturated rings. The molecule has 0 bridgehead atoms. The average Bonchev–Trinajstić information content (AvgIpc) is 2.77. The van der Waals surface area contributed by atoms with Gasteiger partial charge in [0.25, 0.3) is 0 Å². The zero-order chi connectivity index (χ0) is 22.2. The third kappa shape index (κ3) is 6.03. The van der Waals surface area contributed by atoms with Crippen molar-refractivity contribution in [3.63, 3.8) is 0 Å². The highest BCUT2D eigenvalue weighted by atomic mass is 19.2. The van der Waals surface area contributed by atoms with Crippen LogP contribution in [0.4, 0.5) is 13.2 Å². The molecule has 5 heteroatoms. The lowest BCUT2D eigenvalue weighted by Gasteiger charge is -2.29. The second kappa shape index (κ2) is 11.6. The first kappa shape index (κ1) is 23.6. The van der Waals surface area contributed by atoms with Crippen LogP contribution in [-0.4, -0.2) is 19.3 Å². The van der Waals surface area contributed by atoms with Gasteiger partial charge in [0.05, 0.1) is 19.3 Å². The summed E-state index contributed by atoms with van der Waals surface area (Å²) < 4.78 is 55.5. The van der Waals surface area contributed by atoms with Crippen molar-refractivity contribution in [2.24, 2.45) is 0 Å². The molecule has 2 nitrogen and oxygen atoms in total. The molecule has 2 atom stereocenters. The summed E-state index contributed by atoms with van der Waals surface area (Å²) in [4.78, 5) is 0. The van der Waals surface area contributed by atoms with Crippen molar-refractivity contribution < 1.29 is 22.6 Å². The molecule has 0 N–H and O–H groups in total. The largest absolute Gasteiger partial charge is 0.491 e. The summed E-state index contributed by atoms with van der Waals surface area (Å²) in [5.74, 6) is -2.40. The smallest absolute Gasteiger partial charge is 0.166 e. The van der Waals surface area contributed by atoms with E-state index in [9.17, 15) is 13.2 Å². The molecule has 31 heavy (non-hydrogen) atoms. The van der Waals surface area contributed by atoms with Gasteiger partial charge in [0.15, 0.2) is 23.2 Å². The maximum absolute atomic E-state index is 14.9. The van der Waals surface area contributed by atoms with Gasteiger partial charge in [0.1, 0.15) is 0 Å². The predicted molar refractivity (Wildman–Crippen MR) is 118 cm³/mol. The van der Waals surface area contributed by atoms with Gasteiger partial charge in [-0.3, -0.25) is 0 Å². The first-order valence-corrected chi connectivity index (χ1v) is 11.6. The Balaban J connectivity index is 1.69. The number of benzene rings is 2. The van der Waals surface area contributed by atoms with Gasteiger partial charge in [-0.25, -0.2) is 13.2 Å². The molecule has 0 saturated carbocycles. The van der Waals surface area contributed by atoms with Gasteiger partial charge in [0.2, 0.25) is 0 Å². The first-order valence-electron chi connectivity index (χ1n) is 11.6. The van der Waals surface area contributed by atoms with E-state index >= 15 is 0 Å². The fourth-order valence-electron chi connectivity index (χ4n) is 4.20. The molecule has 0 aliphatic carbocycles. The quantitative estimate of drug-likeness (QED) is 0.355. The summed E-state index contributed by atoms with van der Waals surface area (Å²) in [6.07, 6.45) is 8.03. The Morgan fingerprint density at radius 2 is 1.77 bits per heavy atom. The van der Waals surface area contributed by atoms with Gasteiger partial charge in [-0.1, -0.05) is 57.7 Å². The summed E-state index contributed by atoms with van der Waals surface area (Å²) in [5.41, 5.74) is 0.681. The van der Waals surface area contributed by atoms with E-state index in [1.807, 2.05) is 0 Å². The van der Waals surface area contributed by atoms with E-state index < -0.39 is 17.5 Å². The summed E-state index contributed by atoms with van der Waals surface area (Å²) in [5, 5.41) is 0. The molecule has 1 heterocycles. The number of rotatable bonds is 10. The van der Waals surface area contributed by atoms with Crippen LogP contribution in [0.15, 0.2) is 30.3 Å². The third-order valence-corrected chi connectivity index (χ3v) is 6.03.